The molecular weight excluding hydrogens is 496 g/mol. The topological polar surface area (TPSA) is 117 Å². The molecule has 10 heteroatoms. The number of hydroxylamine groups is 1. The summed E-state index contributed by atoms with van der Waals surface area (Å²) in [6.45, 7) is 8.51. The van der Waals surface area contributed by atoms with Gasteiger partial charge in [-0.25, -0.2) is 13.2 Å². The van der Waals surface area contributed by atoms with E-state index < -0.39 is 46.4 Å². The van der Waals surface area contributed by atoms with E-state index in [0.29, 0.717) is 18.6 Å². The van der Waals surface area contributed by atoms with E-state index in [4.69, 9.17) is 9.57 Å². The number of ether oxygens (including phenoxy) is 1. The van der Waals surface area contributed by atoms with Gasteiger partial charge in [0.1, 0.15) is 5.75 Å². The third-order valence-electron chi connectivity index (χ3n) is 6.13. The first-order valence-corrected chi connectivity index (χ1v) is 13.9. The molecule has 0 heterocycles. The van der Waals surface area contributed by atoms with Crippen molar-refractivity contribution < 1.29 is 33.0 Å². The predicted octanol–water partition coefficient (Wildman–Crippen LogP) is 4.56. The monoisotopic (exact) mass is 536 g/mol. The Kier molecular flexibility index (Phi) is 10.9. The molecule has 0 saturated heterocycles. The van der Waals surface area contributed by atoms with Crippen molar-refractivity contribution in [3.63, 3.8) is 0 Å². The number of aliphatic hydroxyl groups is 1. The lowest BCUT2D eigenvalue weighted by Gasteiger charge is -2.42. The Morgan fingerprint density at radius 2 is 1.57 bits per heavy atom. The summed E-state index contributed by atoms with van der Waals surface area (Å²) in [5.41, 5.74) is -0.0464. The molecule has 2 N–H and O–H groups in total. The van der Waals surface area contributed by atoms with Gasteiger partial charge in [-0.3, -0.25) is 9.74 Å². The lowest BCUT2D eigenvalue weighted by atomic mass is 9.95. The van der Waals surface area contributed by atoms with E-state index in [2.05, 4.69) is 0 Å². The number of methoxy groups -OCH3 is 1. The highest BCUT2D eigenvalue weighted by Gasteiger charge is 2.40. The Labute approximate surface area is 220 Å². The van der Waals surface area contributed by atoms with Crippen LogP contribution in [0.1, 0.15) is 53.0 Å². The van der Waals surface area contributed by atoms with Crippen LogP contribution >= 0.6 is 0 Å². The molecule has 0 unspecified atom stereocenters. The molecule has 2 aromatic rings. The first-order valence-electron chi connectivity index (χ1n) is 12.4. The maximum Gasteiger partial charge on any atom is 0.408 e. The summed E-state index contributed by atoms with van der Waals surface area (Å²) < 4.78 is 33.2. The Balaban J connectivity index is 2.50. The van der Waals surface area contributed by atoms with Crippen LogP contribution in [-0.2, 0) is 21.3 Å². The van der Waals surface area contributed by atoms with Gasteiger partial charge in [0.25, 0.3) is 10.0 Å². The van der Waals surface area contributed by atoms with Crippen LogP contribution in [0.15, 0.2) is 59.5 Å². The average molecular weight is 537 g/mol. The molecular formula is C27H40N2O7S. The number of hydrogen-bond acceptors (Lipinski definition) is 6. The lowest BCUT2D eigenvalue weighted by Crippen LogP contribution is -2.58. The highest BCUT2D eigenvalue weighted by atomic mass is 32.2. The minimum Gasteiger partial charge on any atom is -0.497 e. The number of hydrogen-bond donors (Lipinski definition) is 2. The number of carboxylic acid groups (broad SMARTS) is 1. The number of rotatable bonds is 13. The number of carbonyl (C=O) groups is 1. The summed E-state index contributed by atoms with van der Waals surface area (Å²) >= 11 is 0. The van der Waals surface area contributed by atoms with E-state index in [1.54, 1.807) is 20.8 Å². The Hall–Kier alpha value is -2.66. The summed E-state index contributed by atoms with van der Waals surface area (Å²) in [6.07, 6.45) is -1.72. The van der Waals surface area contributed by atoms with Crippen molar-refractivity contribution in [2.45, 2.75) is 82.6 Å². The molecule has 9 nitrogen and oxygen atoms in total. The Bertz CT molecular complexity index is 1080. The molecule has 0 spiro atoms. The second-order valence-corrected chi connectivity index (χ2v) is 11.7. The van der Waals surface area contributed by atoms with E-state index in [0.717, 1.165) is 10.0 Å². The number of aliphatic hydroxyl groups excluding tert-OH is 1. The normalized spacial score (nSPS) is 14.0. The quantitative estimate of drug-likeness (QED) is 0.361. The summed E-state index contributed by atoms with van der Waals surface area (Å²) in [7, 11) is -2.71. The highest BCUT2D eigenvalue weighted by Crippen LogP contribution is 2.26. The number of amides is 1. The number of nitrogens with zero attached hydrogens (tertiary/aromatic N) is 2. The fourth-order valence-corrected chi connectivity index (χ4v) is 5.42. The minimum atomic E-state index is -4.19. The maximum absolute atomic E-state index is 13.6. The van der Waals surface area contributed by atoms with Gasteiger partial charge < -0.3 is 14.9 Å². The van der Waals surface area contributed by atoms with Crippen LogP contribution in [0.5, 0.6) is 5.75 Å². The SMILES string of the molecule is CCC(CC)ON(C[C@@H](O)[C@H](Cc1ccccc1)N(C(=O)O)C(C)(C)C)S(=O)(=O)c1ccc(OC)cc1. The second kappa shape index (κ2) is 13.2. The van der Waals surface area contributed by atoms with Gasteiger partial charge in [-0.1, -0.05) is 48.6 Å². The zero-order valence-electron chi connectivity index (χ0n) is 22.5. The molecule has 0 fully saturated rings. The van der Waals surface area contributed by atoms with Gasteiger partial charge in [0.2, 0.25) is 0 Å². The first-order chi connectivity index (χ1) is 17.3. The van der Waals surface area contributed by atoms with E-state index >= 15 is 0 Å². The zero-order valence-corrected chi connectivity index (χ0v) is 23.3. The smallest absolute Gasteiger partial charge is 0.408 e. The van der Waals surface area contributed by atoms with Crippen molar-refractivity contribution >= 4 is 16.1 Å². The van der Waals surface area contributed by atoms with Gasteiger partial charge >= 0.3 is 6.09 Å². The summed E-state index contributed by atoms with van der Waals surface area (Å²) in [5, 5.41) is 21.6. The predicted molar refractivity (Wildman–Crippen MR) is 142 cm³/mol. The third kappa shape index (κ3) is 8.16. The van der Waals surface area contributed by atoms with Crippen molar-refractivity contribution in [1.29, 1.82) is 0 Å². The number of benzene rings is 2. The largest absolute Gasteiger partial charge is 0.497 e. The molecule has 1 amide bonds. The lowest BCUT2D eigenvalue weighted by molar-refractivity contribution is -0.153. The maximum atomic E-state index is 13.6. The fourth-order valence-electron chi connectivity index (χ4n) is 4.12. The van der Waals surface area contributed by atoms with Gasteiger partial charge in [-0.2, -0.15) is 0 Å². The Morgan fingerprint density at radius 1 is 1.00 bits per heavy atom. The van der Waals surface area contributed by atoms with Crippen LogP contribution in [0.25, 0.3) is 0 Å². The van der Waals surface area contributed by atoms with E-state index in [1.807, 2.05) is 44.2 Å². The van der Waals surface area contributed by atoms with Crippen LogP contribution in [0, 0.1) is 0 Å². The summed E-state index contributed by atoms with van der Waals surface area (Å²) in [6, 6.07) is 14.1. The molecule has 2 aromatic carbocycles. The second-order valence-electron chi connectivity index (χ2n) is 9.86. The van der Waals surface area contributed by atoms with Gasteiger partial charge in [0, 0.05) is 5.54 Å². The van der Waals surface area contributed by atoms with Crippen molar-refractivity contribution in [2.75, 3.05) is 13.7 Å². The third-order valence-corrected chi connectivity index (χ3v) is 7.77. The number of sulfonamides is 1. The van der Waals surface area contributed by atoms with Gasteiger partial charge in [0.05, 0.1) is 36.8 Å². The molecule has 206 valence electrons. The molecule has 2 atom stereocenters. The first kappa shape index (κ1) is 30.6. The van der Waals surface area contributed by atoms with Crippen molar-refractivity contribution in [3.05, 3.63) is 60.2 Å². The van der Waals surface area contributed by atoms with E-state index in [1.165, 1.54) is 36.3 Å². The standard InChI is InChI=1S/C27H40N2O7S/c1-7-21(8-2)36-28(37(33,34)23-16-14-22(35-6)15-17-23)19-25(30)24(18-20-12-10-9-11-13-20)29(26(31)32)27(3,4)5/h9-17,21,24-25,30H,7-8,18-19H2,1-6H3,(H,31,32)/t24-,25+/m0/s1. The van der Waals surface area contributed by atoms with E-state index in [9.17, 15) is 23.4 Å². The van der Waals surface area contributed by atoms with Crippen LogP contribution in [0.4, 0.5) is 4.79 Å². The van der Waals surface area contributed by atoms with Crippen molar-refractivity contribution in [3.8, 4) is 5.75 Å². The molecule has 0 bridgehead atoms. The molecule has 0 radical (unpaired) electrons. The van der Waals surface area contributed by atoms with Crippen LogP contribution in [-0.4, -0.2) is 71.5 Å². The molecule has 0 aliphatic rings. The zero-order chi connectivity index (χ0) is 27.8. The Morgan fingerprint density at radius 3 is 2.03 bits per heavy atom. The average Bonchev–Trinajstić information content (AvgIpc) is 2.85. The molecule has 0 saturated carbocycles. The summed E-state index contributed by atoms with van der Waals surface area (Å²) in [4.78, 5) is 19.4. The van der Waals surface area contributed by atoms with Gasteiger partial charge in [0.15, 0.2) is 0 Å². The molecule has 0 aliphatic heterocycles. The fraction of sp³-hybridized carbons (Fsp3) is 0.519. The van der Waals surface area contributed by atoms with Crippen LogP contribution in [0.2, 0.25) is 0 Å². The van der Waals surface area contributed by atoms with Crippen molar-refractivity contribution in [1.82, 2.24) is 9.37 Å². The molecule has 2 rings (SSSR count). The molecule has 37 heavy (non-hydrogen) atoms. The highest BCUT2D eigenvalue weighted by molar-refractivity contribution is 7.89. The molecule has 0 aromatic heterocycles. The van der Waals surface area contributed by atoms with Gasteiger partial charge in [-0.05, 0) is 69.9 Å². The van der Waals surface area contributed by atoms with Crippen molar-refractivity contribution in [2.24, 2.45) is 0 Å². The molecule has 0 aliphatic carbocycles. The summed E-state index contributed by atoms with van der Waals surface area (Å²) in [5.74, 6) is 0.497. The van der Waals surface area contributed by atoms with Crippen LogP contribution < -0.4 is 4.74 Å². The van der Waals surface area contributed by atoms with E-state index in [-0.39, 0.29) is 11.3 Å². The minimum absolute atomic E-state index is 0.0306. The van der Waals surface area contributed by atoms with Crippen LogP contribution in [0.3, 0.4) is 0 Å². The van der Waals surface area contributed by atoms with Gasteiger partial charge in [-0.15, -0.1) is 0 Å².